The van der Waals surface area contributed by atoms with Crippen LogP contribution in [0, 0.1) is 0 Å². The quantitative estimate of drug-likeness (QED) is 0.685. The molecule has 0 fully saturated rings. The summed E-state index contributed by atoms with van der Waals surface area (Å²) in [6.07, 6.45) is 1.58. The third kappa shape index (κ3) is 4.24. The Morgan fingerprint density at radius 1 is 0.846 bits per heavy atom. The predicted molar refractivity (Wildman–Crippen MR) is 99.7 cm³/mol. The lowest BCUT2D eigenvalue weighted by Gasteiger charge is -2.08. The van der Waals surface area contributed by atoms with Crippen LogP contribution in [0.2, 0.25) is 0 Å². The SMILES string of the molecule is COC(=O)c1ccc(Nc2ccc(NC(=O)c3ccccc3)cn2)cc1. The molecule has 2 aromatic carbocycles. The van der Waals surface area contributed by atoms with Crippen molar-refractivity contribution in [3.8, 4) is 0 Å². The molecule has 1 aromatic heterocycles. The van der Waals surface area contributed by atoms with E-state index in [1.54, 1.807) is 54.7 Å². The first-order valence-corrected chi connectivity index (χ1v) is 7.93. The molecule has 130 valence electrons. The number of methoxy groups -OCH3 is 1. The molecule has 2 N–H and O–H groups in total. The minimum atomic E-state index is -0.381. The number of benzene rings is 2. The number of aromatic nitrogens is 1. The first-order chi connectivity index (χ1) is 12.7. The van der Waals surface area contributed by atoms with Gasteiger partial charge in [0.05, 0.1) is 24.6 Å². The Balaban J connectivity index is 1.62. The van der Waals surface area contributed by atoms with Crippen LogP contribution in [-0.2, 0) is 4.74 Å². The van der Waals surface area contributed by atoms with Gasteiger partial charge in [-0.05, 0) is 48.5 Å². The summed E-state index contributed by atoms with van der Waals surface area (Å²) in [7, 11) is 1.34. The molecule has 0 spiro atoms. The van der Waals surface area contributed by atoms with Crippen LogP contribution in [0.15, 0.2) is 72.9 Å². The van der Waals surface area contributed by atoms with Crippen molar-refractivity contribution in [2.24, 2.45) is 0 Å². The summed E-state index contributed by atoms with van der Waals surface area (Å²) in [5.74, 6) is 0.0493. The van der Waals surface area contributed by atoms with Gasteiger partial charge in [-0.1, -0.05) is 18.2 Å². The maximum atomic E-state index is 12.1. The summed E-state index contributed by atoms with van der Waals surface area (Å²) in [6.45, 7) is 0. The van der Waals surface area contributed by atoms with Crippen molar-refractivity contribution in [2.75, 3.05) is 17.7 Å². The molecule has 3 aromatic rings. The molecule has 3 rings (SSSR count). The maximum Gasteiger partial charge on any atom is 0.337 e. The van der Waals surface area contributed by atoms with Gasteiger partial charge in [-0.2, -0.15) is 0 Å². The van der Waals surface area contributed by atoms with Crippen molar-refractivity contribution >= 4 is 29.1 Å². The van der Waals surface area contributed by atoms with E-state index < -0.39 is 0 Å². The molecule has 0 unspecified atom stereocenters. The molecule has 0 aliphatic heterocycles. The van der Waals surface area contributed by atoms with Gasteiger partial charge in [0, 0.05) is 11.3 Å². The fraction of sp³-hybridized carbons (Fsp3) is 0.0500. The number of anilines is 3. The Morgan fingerprint density at radius 3 is 2.15 bits per heavy atom. The van der Waals surface area contributed by atoms with E-state index in [2.05, 4.69) is 20.4 Å². The average Bonchev–Trinajstić information content (AvgIpc) is 2.70. The van der Waals surface area contributed by atoms with Gasteiger partial charge in [0.25, 0.3) is 5.91 Å². The van der Waals surface area contributed by atoms with Crippen molar-refractivity contribution in [3.05, 3.63) is 84.1 Å². The minimum Gasteiger partial charge on any atom is -0.465 e. The lowest BCUT2D eigenvalue weighted by atomic mass is 10.2. The highest BCUT2D eigenvalue weighted by Crippen LogP contribution is 2.17. The molecule has 0 saturated heterocycles. The molecule has 0 aliphatic rings. The van der Waals surface area contributed by atoms with Crippen LogP contribution < -0.4 is 10.6 Å². The van der Waals surface area contributed by atoms with Gasteiger partial charge in [0.2, 0.25) is 0 Å². The molecule has 0 aliphatic carbocycles. The van der Waals surface area contributed by atoms with Crippen LogP contribution in [0.5, 0.6) is 0 Å². The highest BCUT2D eigenvalue weighted by atomic mass is 16.5. The van der Waals surface area contributed by atoms with Crippen LogP contribution in [-0.4, -0.2) is 24.0 Å². The third-order valence-corrected chi connectivity index (χ3v) is 3.64. The van der Waals surface area contributed by atoms with E-state index in [9.17, 15) is 9.59 Å². The molecule has 26 heavy (non-hydrogen) atoms. The minimum absolute atomic E-state index is 0.188. The molecular weight excluding hydrogens is 330 g/mol. The lowest BCUT2D eigenvalue weighted by molar-refractivity contribution is 0.0600. The zero-order valence-electron chi connectivity index (χ0n) is 14.1. The van der Waals surface area contributed by atoms with Crippen molar-refractivity contribution in [3.63, 3.8) is 0 Å². The molecule has 0 atom stereocenters. The van der Waals surface area contributed by atoms with E-state index in [1.165, 1.54) is 7.11 Å². The number of pyridine rings is 1. The largest absolute Gasteiger partial charge is 0.465 e. The van der Waals surface area contributed by atoms with Crippen molar-refractivity contribution in [1.82, 2.24) is 4.98 Å². The number of carbonyl (C=O) groups is 2. The Bertz CT molecular complexity index is 892. The number of hydrogen-bond donors (Lipinski definition) is 2. The Labute approximate surface area is 150 Å². The van der Waals surface area contributed by atoms with Crippen LogP contribution >= 0.6 is 0 Å². The normalized spacial score (nSPS) is 10.0. The highest BCUT2D eigenvalue weighted by molar-refractivity contribution is 6.04. The number of amides is 1. The van der Waals surface area contributed by atoms with Gasteiger partial charge >= 0.3 is 5.97 Å². The summed E-state index contributed by atoms with van der Waals surface area (Å²) >= 11 is 0. The molecule has 1 heterocycles. The fourth-order valence-corrected chi connectivity index (χ4v) is 2.29. The molecular formula is C20H17N3O3. The van der Waals surface area contributed by atoms with Crippen molar-refractivity contribution < 1.29 is 14.3 Å². The second-order valence-corrected chi connectivity index (χ2v) is 5.45. The number of nitrogens with one attached hydrogen (secondary N) is 2. The van der Waals surface area contributed by atoms with Gasteiger partial charge in [-0.15, -0.1) is 0 Å². The zero-order chi connectivity index (χ0) is 18.4. The molecule has 0 radical (unpaired) electrons. The maximum absolute atomic E-state index is 12.1. The standard InChI is InChI=1S/C20H17N3O3/c1-26-20(25)15-7-9-16(10-8-15)22-18-12-11-17(13-21-18)23-19(24)14-5-3-2-4-6-14/h2-13H,1H3,(H,21,22)(H,23,24). The van der Waals surface area contributed by atoms with Crippen LogP contribution in [0.3, 0.4) is 0 Å². The Hall–Kier alpha value is -3.67. The summed E-state index contributed by atoms with van der Waals surface area (Å²) in [5, 5.41) is 5.92. The Kier molecular flexibility index (Phi) is 5.24. The summed E-state index contributed by atoms with van der Waals surface area (Å²) < 4.78 is 4.67. The van der Waals surface area contributed by atoms with Gasteiger partial charge in [-0.3, -0.25) is 4.79 Å². The van der Waals surface area contributed by atoms with Gasteiger partial charge < -0.3 is 15.4 Å². The lowest BCUT2D eigenvalue weighted by Crippen LogP contribution is -2.11. The second-order valence-electron chi connectivity index (χ2n) is 5.45. The third-order valence-electron chi connectivity index (χ3n) is 3.64. The van der Waals surface area contributed by atoms with E-state index >= 15 is 0 Å². The van der Waals surface area contributed by atoms with E-state index in [0.717, 1.165) is 5.69 Å². The van der Waals surface area contributed by atoms with Gasteiger partial charge in [0.15, 0.2) is 0 Å². The first-order valence-electron chi connectivity index (χ1n) is 7.93. The number of carbonyl (C=O) groups excluding carboxylic acids is 2. The van der Waals surface area contributed by atoms with Crippen molar-refractivity contribution in [1.29, 1.82) is 0 Å². The molecule has 0 saturated carbocycles. The van der Waals surface area contributed by atoms with Gasteiger partial charge in [-0.25, -0.2) is 9.78 Å². The summed E-state index contributed by atoms with van der Waals surface area (Å²) in [6, 6.07) is 19.4. The number of nitrogens with zero attached hydrogens (tertiary/aromatic N) is 1. The topological polar surface area (TPSA) is 80.3 Å². The summed E-state index contributed by atoms with van der Waals surface area (Å²) in [5.41, 5.74) is 2.45. The number of rotatable bonds is 5. The van der Waals surface area contributed by atoms with Gasteiger partial charge in [0.1, 0.15) is 5.82 Å². The summed E-state index contributed by atoms with van der Waals surface area (Å²) in [4.78, 5) is 27.8. The Morgan fingerprint density at radius 2 is 1.54 bits per heavy atom. The molecule has 6 heteroatoms. The molecule has 6 nitrogen and oxygen atoms in total. The second kappa shape index (κ2) is 7.94. The number of hydrogen-bond acceptors (Lipinski definition) is 5. The zero-order valence-corrected chi connectivity index (χ0v) is 14.1. The molecule has 1 amide bonds. The van der Waals surface area contributed by atoms with E-state index in [-0.39, 0.29) is 11.9 Å². The first kappa shape index (κ1) is 17.2. The van der Waals surface area contributed by atoms with Crippen LogP contribution in [0.4, 0.5) is 17.2 Å². The van der Waals surface area contributed by atoms with E-state index in [1.807, 2.05) is 18.2 Å². The smallest absolute Gasteiger partial charge is 0.337 e. The highest BCUT2D eigenvalue weighted by Gasteiger charge is 2.06. The van der Waals surface area contributed by atoms with Crippen LogP contribution in [0.1, 0.15) is 20.7 Å². The van der Waals surface area contributed by atoms with Crippen molar-refractivity contribution in [2.45, 2.75) is 0 Å². The predicted octanol–water partition coefficient (Wildman–Crippen LogP) is 3.86. The molecule has 0 bridgehead atoms. The van der Waals surface area contributed by atoms with Crippen LogP contribution in [0.25, 0.3) is 0 Å². The fourth-order valence-electron chi connectivity index (χ4n) is 2.29. The van der Waals surface area contributed by atoms with E-state index in [4.69, 9.17) is 0 Å². The number of ether oxygens (including phenoxy) is 1. The number of esters is 1. The monoisotopic (exact) mass is 347 g/mol. The van der Waals surface area contributed by atoms with E-state index in [0.29, 0.717) is 22.6 Å². The average molecular weight is 347 g/mol.